The van der Waals surface area contributed by atoms with Crippen molar-refractivity contribution in [3.05, 3.63) is 33.8 Å². The first-order valence-corrected chi connectivity index (χ1v) is 6.65. The quantitative estimate of drug-likeness (QED) is 0.853. The lowest BCUT2D eigenvalue weighted by Crippen LogP contribution is -2.25. The summed E-state index contributed by atoms with van der Waals surface area (Å²) >= 11 is 12.3. The minimum atomic E-state index is 0.246. The van der Waals surface area contributed by atoms with Crippen molar-refractivity contribution >= 4 is 23.2 Å². The Morgan fingerprint density at radius 2 is 2.06 bits per heavy atom. The number of nitrogens with zero attached hydrogens (tertiary/aromatic N) is 1. The summed E-state index contributed by atoms with van der Waals surface area (Å²) in [7, 11) is 4.07. The molecule has 0 heterocycles. The van der Waals surface area contributed by atoms with Gasteiger partial charge in [0.25, 0.3) is 0 Å². The molecule has 0 aromatic heterocycles. The predicted molar refractivity (Wildman–Crippen MR) is 76.1 cm³/mol. The number of benzene rings is 1. The minimum Gasteiger partial charge on any atom is -0.313 e. The average Bonchev–Trinajstić information content (AvgIpc) is 2.34. The Morgan fingerprint density at radius 3 is 2.65 bits per heavy atom. The Balaban J connectivity index is 2.76. The van der Waals surface area contributed by atoms with Crippen molar-refractivity contribution in [3.63, 3.8) is 0 Å². The van der Waals surface area contributed by atoms with E-state index in [1.807, 2.05) is 25.2 Å². The average molecular weight is 275 g/mol. The lowest BCUT2D eigenvalue weighted by molar-refractivity contribution is 0.326. The van der Waals surface area contributed by atoms with Crippen LogP contribution in [-0.2, 0) is 0 Å². The van der Waals surface area contributed by atoms with Crippen LogP contribution < -0.4 is 5.32 Å². The Kier molecular flexibility index (Phi) is 6.28. The smallest absolute Gasteiger partial charge is 0.0640 e. The fraction of sp³-hybridized carbons (Fsp3) is 0.538. The van der Waals surface area contributed by atoms with E-state index in [1.165, 1.54) is 0 Å². The molecule has 0 saturated carbocycles. The van der Waals surface area contributed by atoms with Crippen molar-refractivity contribution in [2.75, 3.05) is 27.2 Å². The van der Waals surface area contributed by atoms with Gasteiger partial charge in [-0.3, -0.25) is 0 Å². The van der Waals surface area contributed by atoms with Crippen LogP contribution in [0.25, 0.3) is 0 Å². The third-order valence-corrected chi connectivity index (χ3v) is 3.88. The van der Waals surface area contributed by atoms with Gasteiger partial charge < -0.3 is 10.2 Å². The van der Waals surface area contributed by atoms with Crippen LogP contribution in [0, 0.1) is 0 Å². The van der Waals surface area contributed by atoms with Gasteiger partial charge in [0.05, 0.1) is 10.0 Å². The first kappa shape index (κ1) is 14.8. The van der Waals surface area contributed by atoms with Crippen LogP contribution in [0.4, 0.5) is 0 Å². The molecule has 0 radical (unpaired) electrons. The van der Waals surface area contributed by atoms with Gasteiger partial charge >= 0.3 is 0 Å². The maximum atomic E-state index is 6.23. The number of nitrogens with one attached hydrogen (secondary N) is 1. The summed E-state index contributed by atoms with van der Waals surface area (Å²) in [6.45, 7) is 4.24. The molecule has 17 heavy (non-hydrogen) atoms. The van der Waals surface area contributed by atoms with Crippen LogP contribution in [0.3, 0.4) is 0 Å². The standard InChI is InChI=1S/C13H20Cl2N2/c1-4-17(3)9-8-12(16-2)10-6-5-7-11(14)13(10)15/h5-7,12,16H,4,8-9H2,1-3H3. The largest absolute Gasteiger partial charge is 0.313 e. The van der Waals surface area contributed by atoms with E-state index in [1.54, 1.807) is 0 Å². The van der Waals surface area contributed by atoms with Gasteiger partial charge in [0.15, 0.2) is 0 Å². The molecule has 0 aliphatic rings. The number of hydrogen-bond donors (Lipinski definition) is 1. The Bertz CT molecular complexity index is 355. The van der Waals surface area contributed by atoms with E-state index in [2.05, 4.69) is 24.2 Å². The molecule has 1 aromatic carbocycles. The van der Waals surface area contributed by atoms with E-state index in [-0.39, 0.29) is 6.04 Å². The summed E-state index contributed by atoms with van der Waals surface area (Å²) in [4.78, 5) is 2.28. The van der Waals surface area contributed by atoms with Crippen LogP contribution in [0.1, 0.15) is 24.9 Å². The molecule has 1 aromatic rings. The molecular formula is C13H20Cl2N2. The topological polar surface area (TPSA) is 15.3 Å². The van der Waals surface area contributed by atoms with E-state index >= 15 is 0 Å². The normalized spacial score (nSPS) is 13.1. The second-order valence-corrected chi connectivity index (χ2v) is 4.95. The molecular weight excluding hydrogens is 255 g/mol. The first-order valence-electron chi connectivity index (χ1n) is 5.89. The molecule has 2 nitrogen and oxygen atoms in total. The molecule has 0 aliphatic carbocycles. The Hall–Kier alpha value is -0.280. The van der Waals surface area contributed by atoms with Gasteiger partial charge in [-0.1, -0.05) is 42.3 Å². The highest BCUT2D eigenvalue weighted by atomic mass is 35.5. The van der Waals surface area contributed by atoms with Crippen molar-refractivity contribution in [2.45, 2.75) is 19.4 Å². The molecule has 0 aliphatic heterocycles. The third-order valence-electron chi connectivity index (χ3n) is 3.04. The maximum absolute atomic E-state index is 6.23. The fourth-order valence-corrected chi connectivity index (χ4v) is 2.19. The number of rotatable bonds is 6. The molecule has 0 amide bonds. The second kappa shape index (κ2) is 7.22. The van der Waals surface area contributed by atoms with E-state index < -0.39 is 0 Å². The molecule has 0 spiro atoms. The zero-order valence-corrected chi connectivity index (χ0v) is 12.1. The highest BCUT2D eigenvalue weighted by molar-refractivity contribution is 6.42. The Labute approximate surface area is 114 Å². The molecule has 1 atom stereocenters. The van der Waals surface area contributed by atoms with Gasteiger partial charge in [-0.25, -0.2) is 0 Å². The molecule has 1 unspecified atom stereocenters. The summed E-state index contributed by atoms with van der Waals surface area (Å²) in [5.41, 5.74) is 1.08. The lowest BCUT2D eigenvalue weighted by Gasteiger charge is -2.21. The predicted octanol–water partition coefficient (Wildman–Crippen LogP) is 3.60. The maximum Gasteiger partial charge on any atom is 0.0640 e. The molecule has 1 N–H and O–H groups in total. The van der Waals surface area contributed by atoms with E-state index in [9.17, 15) is 0 Å². The summed E-state index contributed by atoms with van der Waals surface area (Å²) in [5, 5.41) is 4.57. The van der Waals surface area contributed by atoms with Gasteiger partial charge in [-0.2, -0.15) is 0 Å². The number of hydrogen-bond acceptors (Lipinski definition) is 2. The van der Waals surface area contributed by atoms with Crippen LogP contribution >= 0.6 is 23.2 Å². The van der Waals surface area contributed by atoms with Gasteiger partial charge in [0.1, 0.15) is 0 Å². The highest BCUT2D eigenvalue weighted by Crippen LogP contribution is 2.31. The summed E-state index contributed by atoms with van der Waals surface area (Å²) in [5.74, 6) is 0. The van der Waals surface area contributed by atoms with Gasteiger partial charge in [-0.05, 0) is 45.2 Å². The summed E-state index contributed by atoms with van der Waals surface area (Å²) in [6.07, 6.45) is 1.01. The fourth-order valence-electron chi connectivity index (χ4n) is 1.75. The van der Waals surface area contributed by atoms with Crippen molar-refractivity contribution in [1.82, 2.24) is 10.2 Å². The van der Waals surface area contributed by atoms with Gasteiger partial charge in [0, 0.05) is 6.04 Å². The number of halogens is 2. The molecule has 0 fully saturated rings. The molecule has 1 rings (SSSR count). The van der Waals surface area contributed by atoms with Crippen LogP contribution in [0.5, 0.6) is 0 Å². The van der Waals surface area contributed by atoms with Crippen molar-refractivity contribution in [1.29, 1.82) is 0 Å². The molecule has 0 bridgehead atoms. The summed E-state index contributed by atoms with van der Waals surface area (Å²) in [6, 6.07) is 6.03. The molecule has 4 heteroatoms. The Morgan fingerprint density at radius 1 is 1.35 bits per heavy atom. The van der Waals surface area contributed by atoms with Crippen LogP contribution in [0.15, 0.2) is 18.2 Å². The van der Waals surface area contributed by atoms with E-state index in [4.69, 9.17) is 23.2 Å². The minimum absolute atomic E-state index is 0.246. The molecule has 96 valence electrons. The van der Waals surface area contributed by atoms with Gasteiger partial charge in [-0.15, -0.1) is 0 Å². The SMILES string of the molecule is CCN(C)CCC(NC)c1cccc(Cl)c1Cl. The highest BCUT2D eigenvalue weighted by Gasteiger charge is 2.14. The van der Waals surface area contributed by atoms with E-state index in [0.717, 1.165) is 25.1 Å². The van der Waals surface area contributed by atoms with Crippen LogP contribution in [0.2, 0.25) is 10.0 Å². The summed E-state index contributed by atoms with van der Waals surface area (Å²) < 4.78 is 0. The van der Waals surface area contributed by atoms with Crippen molar-refractivity contribution < 1.29 is 0 Å². The second-order valence-electron chi connectivity index (χ2n) is 4.17. The third kappa shape index (κ3) is 4.14. The van der Waals surface area contributed by atoms with E-state index in [0.29, 0.717) is 10.0 Å². The zero-order valence-electron chi connectivity index (χ0n) is 10.6. The first-order chi connectivity index (χ1) is 8.10. The van der Waals surface area contributed by atoms with Crippen molar-refractivity contribution in [3.8, 4) is 0 Å². The molecule has 0 saturated heterocycles. The van der Waals surface area contributed by atoms with Gasteiger partial charge in [0.2, 0.25) is 0 Å². The van der Waals surface area contributed by atoms with Crippen LogP contribution in [-0.4, -0.2) is 32.1 Å². The lowest BCUT2D eigenvalue weighted by atomic mass is 10.0. The zero-order chi connectivity index (χ0) is 12.8. The monoisotopic (exact) mass is 274 g/mol. The van der Waals surface area contributed by atoms with Crippen molar-refractivity contribution in [2.24, 2.45) is 0 Å².